The summed E-state index contributed by atoms with van der Waals surface area (Å²) in [4.78, 5) is 33.6. The minimum atomic E-state index is -0.247. The maximum Gasteiger partial charge on any atom is 0.261 e. The summed E-state index contributed by atoms with van der Waals surface area (Å²) < 4.78 is 0. The highest BCUT2D eigenvalue weighted by Crippen LogP contribution is 2.24. The van der Waals surface area contributed by atoms with Gasteiger partial charge in [0.25, 0.3) is 11.8 Å². The maximum atomic E-state index is 12.2. The smallest absolute Gasteiger partial charge is 0.261 e. The minimum Gasteiger partial charge on any atom is -0.381 e. The molecule has 106 valence electrons. The Hall–Kier alpha value is -2.41. The summed E-state index contributed by atoms with van der Waals surface area (Å²) in [5, 5.41) is 0.606. The van der Waals surface area contributed by atoms with E-state index in [2.05, 4.69) is 9.97 Å². The number of carbonyl (C=O) groups is 2. The highest BCUT2D eigenvalue weighted by molar-refractivity contribution is 7.99. The lowest BCUT2D eigenvalue weighted by molar-refractivity contribution is 0.0664. The van der Waals surface area contributed by atoms with Crippen LogP contribution in [0, 0.1) is 0 Å². The van der Waals surface area contributed by atoms with E-state index in [4.69, 9.17) is 5.73 Å². The van der Waals surface area contributed by atoms with Crippen molar-refractivity contribution >= 4 is 29.4 Å². The number of hydrogen-bond acceptors (Lipinski definition) is 6. The number of carbonyl (C=O) groups excluding carboxylic acids is 2. The van der Waals surface area contributed by atoms with Gasteiger partial charge in [-0.3, -0.25) is 14.5 Å². The summed E-state index contributed by atoms with van der Waals surface area (Å²) in [6, 6.07) is 6.85. The van der Waals surface area contributed by atoms with Crippen molar-refractivity contribution in [1.82, 2.24) is 14.9 Å². The van der Waals surface area contributed by atoms with Crippen LogP contribution in [0.2, 0.25) is 0 Å². The second-order valence-corrected chi connectivity index (χ2v) is 5.49. The highest BCUT2D eigenvalue weighted by atomic mass is 32.2. The molecule has 2 amide bonds. The van der Waals surface area contributed by atoms with Crippen LogP contribution in [0.3, 0.4) is 0 Å². The number of nitrogens with zero attached hydrogens (tertiary/aromatic N) is 3. The number of anilines is 1. The van der Waals surface area contributed by atoms with Crippen molar-refractivity contribution in [1.29, 1.82) is 0 Å². The Morgan fingerprint density at radius 2 is 1.67 bits per heavy atom. The fraction of sp³-hybridized carbons (Fsp3) is 0.143. The molecular formula is C14H12N4O2S. The molecule has 1 aromatic heterocycles. The van der Waals surface area contributed by atoms with Crippen molar-refractivity contribution < 1.29 is 9.59 Å². The molecule has 0 aliphatic carbocycles. The molecule has 0 bridgehead atoms. The number of fused-ring (bicyclic) bond motifs is 1. The zero-order chi connectivity index (χ0) is 14.8. The van der Waals surface area contributed by atoms with Gasteiger partial charge in [0.15, 0.2) is 5.82 Å². The standard InChI is InChI=1S/C14H12N4O2S/c15-11-12(17-6-5-16-11)21-8-7-18-13(19)9-3-1-2-4-10(9)14(18)20/h1-6H,7-8H2,(H2,15,16). The minimum absolute atomic E-state index is 0.247. The van der Waals surface area contributed by atoms with Gasteiger partial charge in [0.2, 0.25) is 0 Å². The van der Waals surface area contributed by atoms with E-state index in [1.807, 2.05) is 0 Å². The Balaban J connectivity index is 1.66. The van der Waals surface area contributed by atoms with Crippen LogP contribution in [0.5, 0.6) is 0 Å². The Kier molecular flexibility index (Phi) is 3.57. The molecule has 0 saturated heterocycles. The van der Waals surface area contributed by atoms with Crippen LogP contribution >= 0.6 is 11.8 Å². The number of amides is 2. The average Bonchev–Trinajstić information content (AvgIpc) is 2.74. The zero-order valence-corrected chi connectivity index (χ0v) is 11.8. The van der Waals surface area contributed by atoms with E-state index in [0.717, 1.165) is 0 Å². The molecule has 2 heterocycles. The van der Waals surface area contributed by atoms with E-state index >= 15 is 0 Å². The summed E-state index contributed by atoms with van der Waals surface area (Å²) >= 11 is 1.37. The molecule has 2 N–H and O–H groups in total. The fourth-order valence-corrected chi connectivity index (χ4v) is 2.93. The average molecular weight is 300 g/mol. The molecule has 7 heteroatoms. The third kappa shape index (κ3) is 2.47. The largest absolute Gasteiger partial charge is 0.381 e. The normalized spacial score (nSPS) is 13.6. The van der Waals surface area contributed by atoms with Crippen LogP contribution in [0.4, 0.5) is 5.82 Å². The first-order valence-electron chi connectivity index (χ1n) is 6.33. The Morgan fingerprint density at radius 3 is 2.29 bits per heavy atom. The number of nitrogens with two attached hydrogens (primary N) is 1. The van der Waals surface area contributed by atoms with Gasteiger partial charge in [0.1, 0.15) is 5.03 Å². The molecule has 0 saturated carbocycles. The highest BCUT2D eigenvalue weighted by Gasteiger charge is 2.34. The maximum absolute atomic E-state index is 12.2. The lowest BCUT2D eigenvalue weighted by Crippen LogP contribution is -2.31. The summed E-state index contributed by atoms with van der Waals surface area (Å²) in [5.41, 5.74) is 6.63. The second-order valence-electron chi connectivity index (χ2n) is 4.40. The number of benzene rings is 1. The van der Waals surface area contributed by atoms with E-state index in [0.29, 0.717) is 34.3 Å². The number of thioether (sulfide) groups is 1. The van der Waals surface area contributed by atoms with Crippen LogP contribution in [0.25, 0.3) is 0 Å². The molecule has 1 aromatic carbocycles. The number of nitrogen functional groups attached to an aromatic ring is 1. The molecular weight excluding hydrogens is 288 g/mol. The lowest BCUT2D eigenvalue weighted by atomic mass is 10.1. The molecule has 21 heavy (non-hydrogen) atoms. The van der Waals surface area contributed by atoms with E-state index < -0.39 is 0 Å². The predicted molar refractivity (Wildman–Crippen MR) is 79.0 cm³/mol. The van der Waals surface area contributed by atoms with Crippen LogP contribution < -0.4 is 5.73 Å². The van der Waals surface area contributed by atoms with Crippen molar-refractivity contribution in [3.05, 3.63) is 47.8 Å². The van der Waals surface area contributed by atoms with Crippen molar-refractivity contribution in [3.63, 3.8) is 0 Å². The zero-order valence-electron chi connectivity index (χ0n) is 11.0. The second kappa shape index (κ2) is 5.53. The van der Waals surface area contributed by atoms with Gasteiger partial charge in [0, 0.05) is 24.7 Å². The van der Waals surface area contributed by atoms with E-state index in [9.17, 15) is 9.59 Å². The predicted octanol–water partition coefficient (Wildman–Crippen LogP) is 1.45. The van der Waals surface area contributed by atoms with Gasteiger partial charge in [-0.05, 0) is 12.1 Å². The first-order valence-corrected chi connectivity index (χ1v) is 7.31. The quantitative estimate of drug-likeness (QED) is 0.679. The van der Waals surface area contributed by atoms with E-state index in [1.165, 1.54) is 22.9 Å². The summed E-state index contributed by atoms with van der Waals surface area (Å²) in [7, 11) is 0. The lowest BCUT2D eigenvalue weighted by Gasteiger charge is -2.13. The first-order chi connectivity index (χ1) is 10.2. The third-order valence-corrected chi connectivity index (χ3v) is 4.10. The van der Waals surface area contributed by atoms with Gasteiger partial charge >= 0.3 is 0 Å². The fourth-order valence-electron chi connectivity index (χ4n) is 2.12. The van der Waals surface area contributed by atoms with Gasteiger partial charge < -0.3 is 5.73 Å². The molecule has 0 atom stereocenters. The van der Waals surface area contributed by atoms with Gasteiger partial charge in [-0.1, -0.05) is 12.1 Å². The van der Waals surface area contributed by atoms with Gasteiger partial charge in [-0.2, -0.15) is 0 Å². The SMILES string of the molecule is Nc1nccnc1SCCN1C(=O)c2ccccc2C1=O. The van der Waals surface area contributed by atoms with Gasteiger partial charge in [0.05, 0.1) is 11.1 Å². The molecule has 1 aliphatic heterocycles. The topological polar surface area (TPSA) is 89.2 Å². The van der Waals surface area contributed by atoms with Crippen LogP contribution in [0.15, 0.2) is 41.7 Å². The van der Waals surface area contributed by atoms with Crippen molar-refractivity contribution in [2.45, 2.75) is 5.03 Å². The number of imide groups is 1. The summed E-state index contributed by atoms with van der Waals surface area (Å²) in [6.07, 6.45) is 3.07. The third-order valence-electron chi connectivity index (χ3n) is 3.12. The van der Waals surface area contributed by atoms with Crippen LogP contribution in [-0.4, -0.2) is 39.0 Å². The molecule has 2 aromatic rings. The van der Waals surface area contributed by atoms with E-state index in [1.54, 1.807) is 30.5 Å². The van der Waals surface area contributed by atoms with Gasteiger partial charge in [-0.25, -0.2) is 9.97 Å². The van der Waals surface area contributed by atoms with Crippen molar-refractivity contribution in [2.75, 3.05) is 18.0 Å². The molecule has 0 spiro atoms. The van der Waals surface area contributed by atoms with Crippen LogP contribution in [0.1, 0.15) is 20.7 Å². The number of hydrogen-bond donors (Lipinski definition) is 1. The molecule has 1 aliphatic rings. The Morgan fingerprint density at radius 1 is 1.05 bits per heavy atom. The van der Waals surface area contributed by atoms with Crippen molar-refractivity contribution in [2.24, 2.45) is 0 Å². The Labute approximate surface area is 125 Å². The molecule has 6 nitrogen and oxygen atoms in total. The van der Waals surface area contributed by atoms with Gasteiger partial charge in [-0.15, -0.1) is 11.8 Å². The molecule has 0 fully saturated rings. The van der Waals surface area contributed by atoms with E-state index in [-0.39, 0.29) is 11.8 Å². The Bertz CT molecular complexity index is 685. The summed E-state index contributed by atoms with van der Waals surface area (Å²) in [5.74, 6) is 0.380. The molecule has 3 rings (SSSR count). The number of rotatable bonds is 4. The molecule has 0 unspecified atom stereocenters. The van der Waals surface area contributed by atoms with Crippen molar-refractivity contribution in [3.8, 4) is 0 Å². The monoisotopic (exact) mass is 300 g/mol. The van der Waals surface area contributed by atoms with Crippen LogP contribution in [-0.2, 0) is 0 Å². The molecule has 0 radical (unpaired) electrons. The first kappa shape index (κ1) is 13.6. The number of aromatic nitrogens is 2. The summed E-state index contributed by atoms with van der Waals surface area (Å²) in [6.45, 7) is 0.313.